The maximum absolute atomic E-state index is 13.9. The molecule has 0 bridgehead atoms. The molecule has 224 valence electrons. The van der Waals surface area contributed by atoms with Gasteiger partial charge in [-0.1, -0.05) is 68.5 Å². The minimum atomic E-state index is -3.95. The first-order valence-corrected chi connectivity index (χ1v) is 15.5. The summed E-state index contributed by atoms with van der Waals surface area (Å²) in [6.45, 7) is 7.42. The van der Waals surface area contributed by atoms with Crippen molar-refractivity contribution in [3.8, 4) is 5.75 Å². The van der Waals surface area contributed by atoms with Gasteiger partial charge < -0.3 is 20.9 Å². The molecule has 1 aliphatic heterocycles. The lowest BCUT2D eigenvalue weighted by atomic mass is 10.0. The Morgan fingerprint density at radius 3 is 2.43 bits per heavy atom. The number of hydrogen-bond acceptors (Lipinski definition) is 7. The maximum Gasteiger partial charge on any atom is 0.258 e. The van der Waals surface area contributed by atoms with Gasteiger partial charge in [0.1, 0.15) is 11.6 Å². The fourth-order valence-corrected chi connectivity index (χ4v) is 6.84. The van der Waals surface area contributed by atoms with Gasteiger partial charge in [-0.3, -0.25) is 4.79 Å². The first kappa shape index (κ1) is 31.2. The molecule has 42 heavy (non-hydrogen) atoms. The molecule has 0 saturated carbocycles. The Morgan fingerprint density at radius 2 is 1.76 bits per heavy atom. The van der Waals surface area contributed by atoms with Crippen LogP contribution in [-0.2, 0) is 21.2 Å². The first-order chi connectivity index (χ1) is 19.9. The van der Waals surface area contributed by atoms with Crippen LogP contribution < -0.4 is 15.8 Å². The standard InChI is InChI=1S/C32H40N4O5S/c1-21(2)18-36(42(39,40)26-14-13-25-16-30(33)34-27(25)17-26)19-29(37)28(15-24-11-6-5-7-12-24)35-31(38)20-41-32-22(3)9-8-10-23(32)4/h5-14,16,21,28-29,37H,15,17-20,33H2,1-4H3,(H,35,38). The average molecular weight is 593 g/mol. The van der Waals surface area contributed by atoms with E-state index >= 15 is 0 Å². The van der Waals surface area contributed by atoms with Crippen LogP contribution in [0.2, 0.25) is 0 Å². The molecular weight excluding hydrogens is 552 g/mol. The van der Waals surface area contributed by atoms with E-state index < -0.39 is 28.1 Å². The van der Waals surface area contributed by atoms with Crippen LogP contribution in [0.15, 0.2) is 88.1 Å². The van der Waals surface area contributed by atoms with Gasteiger partial charge >= 0.3 is 0 Å². The van der Waals surface area contributed by atoms with Gasteiger partial charge in [0.2, 0.25) is 10.0 Å². The van der Waals surface area contributed by atoms with Gasteiger partial charge in [-0.15, -0.1) is 0 Å². The largest absolute Gasteiger partial charge is 0.483 e. The normalized spacial score (nSPS) is 16.3. The van der Waals surface area contributed by atoms with E-state index in [0.717, 1.165) is 22.3 Å². The minimum Gasteiger partial charge on any atom is -0.483 e. The van der Waals surface area contributed by atoms with Gasteiger partial charge in [0.15, 0.2) is 6.61 Å². The van der Waals surface area contributed by atoms with Gasteiger partial charge in [-0.25, -0.2) is 13.4 Å². The van der Waals surface area contributed by atoms with Crippen molar-refractivity contribution in [3.63, 3.8) is 0 Å². The highest BCUT2D eigenvalue weighted by molar-refractivity contribution is 7.93. The smallest absolute Gasteiger partial charge is 0.258 e. The van der Waals surface area contributed by atoms with Gasteiger partial charge in [0.05, 0.1) is 22.8 Å². The van der Waals surface area contributed by atoms with E-state index in [4.69, 9.17) is 10.5 Å². The molecule has 0 spiro atoms. The molecule has 2 atom stereocenters. The van der Waals surface area contributed by atoms with Crippen molar-refractivity contribution in [1.29, 1.82) is 0 Å². The summed E-state index contributed by atoms with van der Waals surface area (Å²) in [6, 6.07) is 14.4. The summed E-state index contributed by atoms with van der Waals surface area (Å²) >= 11 is 0. The zero-order chi connectivity index (χ0) is 30.4. The Kier molecular flexibility index (Phi) is 10.0. The number of fused-ring (bicyclic) bond motifs is 1. The van der Waals surface area contributed by atoms with Crippen molar-refractivity contribution in [2.24, 2.45) is 16.6 Å². The number of aliphatic imine (C=N–C) groups is 1. The predicted molar refractivity (Wildman–Crippen MR) is 165 cm³/mol. The number of allylic oxidation sites excluding steroid dienone is 5. The van der Waals surface area contributed by atoms with Crippen LogP contribution in [0.1, 0.15) is 37.0 Å². The van der Waals surface area contributed by atoms with E-state index in [2.05, 4.69) is 10.3 Å². The topological polar surface area (TPSA) is 134 Å². The zero-order valence-corrected chi connectivity index (χ0v) is 25.4. The molecule has 4 rings (SSSR count). The highest BCUT2D eigenvalue weighted by atomic mass is 32.2. The number of nitrogens with two attached hydrogens (primary N) is 1. The number of hydrogen-bond donors (Lipinski definition) is 3. The monoisotopic (exact) mass is 592 g/mol. The maximum atomic E-state index is 13.9. The number of sulfonamides is 1. The van der Waals surface area contributed by atoms with Crippen LogP contribution in [0.4, 0.5) is 0 Å². The third kappa shape index (κ3) is 7.76. The molecule has 2 aromatic rings. The Bertz CT molecular complexity index is 1510. The van der Waals surface area contributed by atoms with Crippen molar-refractivity contribution in [2.75, 3.05) is 19.7 Å². The van der Waals surface area contributed by atoms with Crippen molar-refractivity contribution in [2.45, 2.75) is 52.7 Å². The number of nitrogens with one attached hydrogen (secondary N) is 1. The van der Waals surface area contributed by atoms with E-state index in [1.807, 2.05) is 76.2 Å². The van der Waals surface area contributed by atoms with Crippen LogP contribution in [0.25, 0.3) is 0 Å². The minimum absolute atomic E-state index is 0.00341. The molecule has 1 heterocycles. The number of carbonyl (C=O) groups is 1. The predicted octanol–water partition coefficient (Wildman–Crippen LogP) is 3.53. The van der Waals surface area contributed by atoms with E-state index in [-0.39, 0.29) is 36.9 Å². The lowest BCUT2D eigenvalue weighted by Gasteiger charge is -2.31. The molecule has 0 fully saturated rings. The molecule has 2 unspecified atom stereocenters. The van der Waals surface area contributed by atoms with Crippen LogP contribution >= 0.6 is 0 Å². The van der Waals surface area contributed by atoms with Crippen LogP contribution in [0.5, 0.6) is 5.75 Å². The summed E-state index contributed by atoms with van der Waals surface area (Å²) in [4.78, 5) is 17.5. The molecule has 0 radical (unpaired) electrons. The van der Waals surface area contributed by atoms with Crippen molar-refractivity contribution < 1.29 is 23.1 Å². The highest BCUT2D eigenvalue weighted by Crippen LogP contribution is 2.29. The van der Waals surface area contributed by atoms with E-state index in [0.29, 0.717) is 23.7 Å². The molecular formula is C32H40N4O5S. The lowest BCUT2D eigenvalue weighted by Crippen LogP contribution is -2.52. The van der Waals surface area contributed by atoms with Crippen molar-refractivity contribution in [1.82, 2.24) is 9.62 Å². The molecule has 4 N–H and O–H groups in total. The second-order valence-electron chi connectivity index (χ2n) is 11.2. The summed E-state index contributed by atoms with van der Waals surface area (Å²) in [5.74, 6) is 0.576. The number of para-hydroxylation sites is 1. The zero-order valence-electron chi connectivity index (χ0n) is 24.6. The van der Waals surface area contributed by atoms with Gasteiger partial charge in [-0.2, -0.15) is 4.31 Å². The number of ether oxygens (including phenoxy) is 1. The number of rotatable bonds is 13. The van der Waals surface area contributed by atoms with Gasteiger partial charge in [0.25, 0.3) is 5.91 Å². The number of aliphatic hydroxyl groups excluding tert-OH is 1. The van der Waals surface area contributed by atoms with E-state index in [9.17, 15) is 18.3 Å². The molecule has 0 aromatic heterocycles. The van der Waals surface area contributed by atoms with Gasteiger partial charge in [-0.05, 0) is 55.0 Å². The highest BCUT2D eigenvalue weighted by Gasteiger charge is 2.34. The second kappa shape index (κ2) is 13.5. The number of nitrogens with zero attached hydrogens (tertiary/aromatic N) is 2. The van der Waals surface area contributed by atoms with Gasteiger partial charge in [0, 0.05) is 25.1 Å². The van der Waals surface area contributed by atoms with Crippen LogP contribution in [0.3, 0.4) is 0 Å². The Labute approximate surface area is 248 Å². The van der Waals surface area contributed by atoms with Crippen LogP contribution in [-0.4, -0.2) is 61.3 Å². The number of carbonyl (C=O) groups excluding carboxylic acids is 1. The molecule has 0 saturated heterocycles. The molecule has 10 heteroatoms. The fraction of sp³-hybridized carbons (Fsp3) is 0.375. The number of amides is 1. The SMILES string of the molecule is Cc1cccc(C)c1OCC(=O)NC(Cc1ccccc1)C(O)CN(CC(C)C)S(=O)(=O)C1=CC=C2C=C(N)N=C2C1. The molecule has 2 aliphatic rings. The Morgan fingerprint density at radius 1 is 1.07 bits per heavy atom. The molecule has 2 aromatic carbocycles. The number of benzene rings is 2. The first-order valence-electron chi connectivity index (χ1n) is 14.1. The third-order valence-electron chi connectivity index (χ3n) is 7.19. The molecule has 1 amide bonds. The number of aryl methyl sites for hydroxylation is 2. The third-order valence-corrected chi connectivity index (χ3v) is 9.11. The summed E-state index contributed by atoms with van der Waals surface area (Å²) < 4.78 is 34.9. The summed E-state index contributed by atoms with van der Waals surface area (Å²) in [5, 5.41) is 14.4. The fourth-order valence-electron chi connectivity index (χ4n) is 5.11. The summed E-state index contributed by atoms with van der Waals surface area (Å²) in [5.41, 5.74) is 9.96. The van der Waals surface area contributed by atoms with Crippen molar-refractivity contribution in [3.05, 3.63) is 99.7 Å². The van der Waals surface area contributed by atoms with E-state index in [1.165, 1.54) is 4.31 Å². The Hall–Kier alpha value is -3.73. The second-order valence-corrected chi connectivity index (χ2v) is 13.2. The molecule has 9 nitrogen and oxygen atoms in total. The number of aliphatic hydroxyl groups is 1. The summed E-state index contributed by atoms with van der Waals surface area (Å²) in [6.07, 6.45) is 4.23. The Balaban J connectivity index is 1.52. The van der Waals surface area contributed by atoms with E-state index in [1.54, 1.807) is 18.2 Å². The lowest BCUT2D eigenvalue weighted by molar-refractivity contribution is -0.124. The van der Waals surface area contributed by atoms with Crippen LogP contribution in [0, 0.1) is 19.8 Å². The molecule has 1 aliphatic carbocycles. The quantitative estimate of drug-likeness (QED) is 0.326. The van der Waals surface area contributed by atoms with Crippen molar-refractivity contribution >= 4 is 21.6 Å². The average Bonchev–Trinajstić information content (AvgIpc) is 3.31. The summed E-state index contributed by atoms with van der Waals surface area (Å²) in [7, 11) is -3.95.